The van der Waals surface area contributed by atoms with Crippen molar-refractivity contribution < 1.29 is 18.7 Å². The molecule has 1 aromatic heterocycles. The first-order valence-corrected chi connectivity index (χ1v) is 11.2. The Morgan fingerprint density at radius 2 is 1.76 bits per heavy atom. The van der Waals surface area contributed by atoms with Crippen LogP contribution in [0.25, 0.3) is 11.3 Å². The second kappa shape index (κ2) is 10.4. The molecule has 0 radical (unpaired) electrons. The van der Waals surface area contributed by atoms with Gasteiger partial charge in [0.2, 0.25) is 11.8 Å². The molecule has 2 aromatic carbocycles. The Bertz CT molecular complexity index is 1050. The molecule has 172 valence electrons. The van der Waals surface area contributed by atoms with E-state index < -0.39 is 0 Å². The average Bonchev–Trinajstić information content (AvgIpc) is 3.38. The average molecular weight is 448 g/mol. The third kappa shape index (κ3) is 5.68. The zero-order valence-corrected chi connectivity index (χ0v) is 19.0. The molecular formula is C26H29N3O4. The highest BCUT2D eigenvalue weighted by Gasteiger charge is 2.31. The van der Waals surface area contributed by atoms with E-state index in [9.17, 15) is 9.59 Å². The first-order valence-electron chi connectivity index (χ1n) is 11.2. The van der Waals surface area contributed by atoms with E-state index in [0.29, 0.717) is 5.69 Å². The fourth-order valence-corrected chi connectivity index (χ4v) is 4.21. The molecular weight excluding hydrogens is 418 g/mol. The summed E-state index contributed by atoms with van der Waals surface area (Å²) in [5.74, 6) is -0.360. The Balaban J connectivity index is 1.45. The number of methoxy groups -OCH3 is 1. The van der Waals surface area contributed by atoms with E-state index in [0.717, 1.165) is 48.2 Å². The summed E-state index contributed by atoms with van der Waals surface area (Å²) in [6.45, 7) is 1.95. The van der Waals surface area contributed by atoms with Crippen LogP contribution in [0.4, 0.5) is 11.4 Å². The second-order valence-electron chi connectivity index (χ2n) is 8.47. The van der Waals surface area contributed by atoms with Crippen LogP contribution in [0.1, 0.15) is 31.2 Å². The number of anilines is 2. The first kappa shape index (κ1) is 22.7. The van der Waals surface area contributed by atoms with Crippen molar-refractivity contribution in [1.29, 1.82) is 0 Å². The van der Waals surface area contributed by atoms with Gasteiger partial charge in [0, 0.05) is 30.0 Å². The number of hydrogen-bond acceptors (Lipinski definition) is 5. The molecule has 0 atom stereocenters. The predicted molar refractivity (Wildman–Crippen MR) is 127 cm³/mol. The van der Waals surface area contributed by atoms with Crippen molar-refractivity contribution in [2.75, 3.05) is 23.9 Å². The van der Waals surface area contributed by atoms with Crippen molar-refractivity contribution in [3.8, 4) is 11.3 Å². The fraction of sp³-hybridized carbons (Fsp3) is 0.346. The number of nitrogens with zero attached hydrogens (tertiary/aromatic N) is 2. The highest BCUT2D eigenvalue weighted by molar-refractivity contribution is 6.03. The van der Waals surface area contributed by atoms with Crippen molar-refractivity contribution in [3.63, 3.8) is 0 Å². The molecule has 1 N–H and O–H groups in total. The number of ether oxygens (including phenoxy) is 1. The van der Waals surface area contributed by atoms with E-state index in [-0.39, 0.29) is 30.4 Å². The number of benzene rings is 2. The molecule has 0 aliphatic heterocycles. The van der Waals surface area contributed by atoms with E-state index in [4.69, 9.17) is 9.15 Å². The summed E-state index contributed by atoms with van der Waals surface area (Å²) in [5, 5.41) is 2.90. The Hall–Kier alpha value is -3.45. The zero-order valence-electron chi connectivity index (χ0n) is 19.0. The maximum atomic E-state index is 13.4. The summed E-state index contributed by atoms with van der Waals surface area (Å²) in [4.78, 5) is 32.1. The van der Waals surface area contributed by atoms with Gasteiger partial charge in [-0.15, -0.1) is 0 Å². The lowest BCUT2D eigenvalue weighted by atomic mass is 9.86. The zero-order chi connectivity index (χ0) is 23.2. The number of carbonyl (C=O) groups excluding carboxylic acids is 2. The van der Waals surface area contributed by atoms with Crippen LogP contribution in [0, 0.1) is 12.8 Å². The summed E-state index contributed by atoms with van der Waals surface area (Å²) < 4.78 is 10.5. The lowest BCUT2D eigenvalue weighted by Gasteiger charge is -2.31. The molecule has 7 nitrogen and oxygen atoms in total. The van der Waals surface area contributed by atoms with Crippen LogP contribution in [0.2, 0.25) is 0 Å². The highest BCUT2D eigenvalue weighted by atomic mass is 16.5. The smallest absolute Gasteiger partial charge is 0.244 e. The number of oxazole rings is 1. The second-order valence-corrected chi connectivity index (χ2v) is 8.47. The number of nitrogens with one attached hydrogen (secondary N) is 1. The summed E-state index contributed by atoms with van der Waals surface area (Å²) in [6.07, 6.45) is 6.42. The van der Waals surface area contributed by atoms with Crippen molar-refractivity contribution >= 4 is 23.2 Å². The maximum Gasteiger partial charge on any atom is 0.244 e. The van der Waals surface area contributed by atoms with Crippen LogP contribution >= 0.6 is 0 Å². The van der Waals surface area contributed by atoms with Crippen molar-refractivity contribution in [1.82, 2.24) is 4.98 Å². The molecule has 0 bridgehead atoms. The van der Waals surface area contributed by atoms with Gasteiger partial charge in [0.1, 0.15) is 18.5 Å². The Kier molecular flexibility index (Phi) is 7.19. The number of amides is 2. The molecule has 1 saturated carbocycles. The van der Waals surface area contributed by atoms with E-state index in [2.05, 4.69) is 10.3 Å². The standard InChI is InChI=1S/C26H29N3O4/c1-18-3-11-22(12-4-18)29(26(31)20-7-13-23(32-2)14-8-20)15-25(30)28-21-9-5-19(6-10-21)24-16-33-17-27-24/h3-6,9-12,16-17,20,23H,7-8,13-15H2,1-2H3,(H,28,30). The van der Waals surface area contributed by atoms with E-state index >= 15 is 0 Å². The molecule has 0 spiro atoms. The van der Waals surface area contributed by atoms with Crippen LogP contribution in [-0.4, -0.2) is 36.6 Å². The van der Waals surface area contributed by atoms with Gasteiger partial charge in [-0.25, -0.2) is 4.98 Å². The first-order chi connectivity index (χ1) is 16.0. The van der Waals surface area contributed by atoms with Gasteiger partial charge in [0.25, 0.3) is 0 Å². The molecule has 2 amide bonds. The lowest BCUT2D eigenvalue weighted by Crippen LogP contribution is -2.43. The summed E-state index contributed by atoms with van der Waals surface area (Å²) >= 11 is 0. The molecule has 1 fully saturated rings. The van der Waals surface area contributed by atoms with Gasteiger partial charge in [0.05, 0.1) is 6.10 Å². The molecule has 4 rings (SSSR count). The third-order valence-corrected chi connectivity index (χ3v) is 6.17. The molecule has 1 heterocycles. The lowest BCUT2D eigenvalue weighted by molar-refractivity contribution is -0.126. The van der Waals surface area contributed by atoms with Gasteiger partial charge in [-0.2, -0.15) is 0 Å². The Labute approximate surface area is 193 Å². The third-order valence-electron chi connectivity index (χ3n) is 6.17. The molecule has 0 saturated heterocycles. The number of carbonyl (C=O) groups is 2. The van der Waals surface area contributed by atoms with Crippen LogP contribution in [0.5, 0.6) is 0 Å². The monoisotopic (exact) mass is 447 g/mol. The van der Waals surface area contributed by atoms with Crippen molar-refractivity contribution in [2.24, 2.45) is 5.92 Å². The maximum absolute atomic E-state index is 13.4. The largest absolute Gasteiger partial charge is 0.451 e. The molecule has 3 aromatic rings. The van der Waals surface area contributed by atoms with Gasteiger partial charge >= 0.3 is 0 Å². The van der Waals surface area contributed by atoms with Crippen LogP contribution in [-0.2, 0) is 14.3 Å². The molecule has 1 aliphatic carbocycles. The molecule has 33 heavy (non-hydrogen) atoms. The van der Waals surface area contributed by atoms with Gasteiger partial charge in [0.15, 0.2) is 6.39 Å². The summed E-state index contributed by atoms with van der Waals surface area (Å²) in [5.41, 5.74) is 4.11. The van der Waals surface area contributed by atoms with Crippen LogP contribution < -0.4 is 10.2 Å². The fourth-order valence-electron chi connectivity index (χ4n) is 4.21. The molecule has 1 aliphatic rings. The highest BCUT2D eigenvalue weighted by Crippen LogP contribution is 2.29. The number of rotatable bonds is 7. The Morgan fingerprint density at radius 3 is 2.36 bits per heavy atom. The number of hydrogen-bond donors (Lipinski definition) is 1. The Morgan fingerprint density at radius 1 is 1.06 bits per heavy atom. The van der Waals surface area contributed by atoms with E-state index in [1.807, 2.05) is 55.5 Å². The van der Waals surface area contributed by atoms with Crippen LogP contribution in [0.15, 0.2) is 65.6 Å². The summed E-state index contributed by atoms with van der Waals surface area (Å²) in [7, 11) is 1.72. The SMILES string of the molecule is COC1CCC(C(=O)N(CC(=O)Nc2ccc(-c3cocn3)cc2)c2ccc(C)cc2)CC1. The van der Waals surface area contributed by atoms with Gasteiger partial charge in [-0.05, 0) is 56.9 Å². The number of aromatic nitrogens is 1. The van der Waals surface area contributed by atoms with Gasteiger partial charge in [-0.3, -0.25) is 9.59 Å². The quantitative estimate of drug-likeness (QED) is 0.561. The predicted octanol–water partition coefficient (Wildman–Crippen LogP) is 4.83. The van der Waals surface area contributed by atoms with Crippen molar-refractivity contribution in [3.05, 3.63) is 66.8 Å². The topological polar surface area (TPSA) is 84.7 Å². The molecule has 0 unspecified atom stereocenters. The van der Waals surface area contributed by atoms with E-state index in [1.54, 1.807) is 18.3 Å². The normalized spacial score (nSPS) is 18.0. The molecule has 7 heteroatoms. The van der Waals surface area contributed by atoms with Crippen LogP contribution in [0.3, 0.4) is 0 Å². The van der Waals surface area contributed by atoms with E-state index in [1.165, 1.54) is 6.39 Å². The minimum absolute atomic E-state index is 0.00932. The number of aryl methyl sites for hydroxylation is 1. The summed E-state index contributed by atoms with van der Waals surface area (Å²) in [6, 6.07) is 15.1. The van der Waals surface area contributed by atoms with Crippen molar-refractivity contribution in [2.45, 2.75) is 38.7 Å². The minimum Gasteiger partial charge on any atom is -0.451 e. The van der Waals surface area contributed by atoms with Gasteiger partial charge < -0.3 is 19.4 Å². The van der Waals surface area contributed by atoms with Gasteiger partial charge in [-0.1, -0.05) is 29.8 Å². The minimum atomic E-state index is -0.247.